The van der Waals surface area contributed by atoms with Crippen molar-refractivity contribution in [1.82, 2.24) is 5.32 Å². The molecule has 2 fully saturated rings. The Bertz CT molecular complexity index is 280. The van der Waals surface area contributed by atoms with Crippen molar-refractivity contribution in [3.63, 3.8) is 0 Å². The molecule has 0 unspecified atom stereocenters. The van der Waals surface area contributed by atoms with Crippen LogP contribution in [0.1, 0.15) is 52.9 Å². The van der Waals surface area contributed by atoms with Gasteiger partial charge in [-0.1, -0.05) is 25.1 Å². The molecule has 1 aliphatic heterocycles. The minimum Gasteiger partial charge on any atom is -0.360 e. The fraction of sp³-hybridized carbons (Fsp3) is 0.923. The largest absolute Gasteiger partial charge is 0.360 e. The standard InChI is InChI=1S/C13H24N2S/c1-4-5-13(6-7-13)10-14-11-15-12(2,3)8-9-16-11/h4-10H2,1-3H3,(H,14,15). The van der Waals surface area contributed by atoms with E-state index in [1.165, 1.54) is 43.0 Å². The molecule has 0 aromatic heterocycles. The van der Waals surface area contributed by atoms with Crippen LogP contribution in [0.5, 0.6) is 0 Å². The van der Waals surface area contributed by atoms with Crippen molar-refractivity contribution in [2.24, 2.45) is 10.4 Å². The molecule has 1 saturated carbocycles. The number of rotatable bonds is 4. The highest BCUT2D eigenvalue weighted by molar-refractivity contribution is 8.13. The van der Waals surface area contributed by atoms with Crippen LogP contribution in [0.15, 0.2) is 4.99 Å². The number of hydrogen-bond donors (Lipinski definition) is 1. The van der Waals surface area contributed by atoms with Crippen LogP contribution in [-0.4, -0.2) is 23.0 Å². The van der Waals surface area contributed by atoms with Crippen LogP contribution in [0, 0.1) is 5.41 Å². The van der Waals surface area contributed by atoms with Gasteiger partial charge in [0, 0.05) is 17.8 Å². The van der Waals surface area contributed by atoms with E-state index in [0.717, 1.165) is 6.54 Å². The topological polar surface area (TPSA) is 24.4 Å². The van der Waals surface area contributed by atoms with Crippen LogP contribution >= 0.6 is 11.8 Å². The van der Waals surface area contributed by atoms with Crippen molar-refractivity contribution in [3.05, 3.63) is 0 Å². The van der Waals surface area contributed by atoms with Crippen molar-refractivity contribution in [1.29, 1.82) is 0 Å². The summed E-state index contributed by atoms with van der Waals surface area (Å²) in [5.74, 6) is 1.21. The van der Waals surface area contributed by atoms with Crippen molar-refractivity contribution in [2.45, 2.75) is 58.4 Å². The minimum absolute atomic E-state index is 0.242. The predicted molar refractivity (Wildman–Crippen MR) is 73.2 cm³/mol. The van der Waals surface area contributed by atoms with Crippen molar-refractivity contribution in [3.8, 4) is 0 Å². The molecule has 2 rings (SSSR count). The molecule has 1 heterocycles. The van der Waals surface area contributed by atoms with Gasteiger partial charge in [0.15, 0.2) is 5.17 Å². The number of nitrogens with one attached hydrogen (secondary N) is 1. The van der Waals surface area contributed by atoms with Crippen LogP contribution in [0.3, 0.4) is 0 Å². The van der Waals surface area contributed by atoms with Gasteiger partial charge in [-0.05, 0) is 44.9 Å². The Morgan fingerprint density at radius 2 is 2.06 bits per heavy atom. The van der Waals surface area contributed by atoms with Crippen LogP contribution in [-0.2, 0) is 0 Å². The number of aliphatic imine (C=N–C) groups is 1. The molecular weight excluding hydrogens is 216 g/mol. The van der Waals surface area contributed by atoms with Crippen molar-refractivity contribution in [2.75, 3.05) is 12.3 Å². The molecule has 1 saturated heterocycles. The second-order valence-corrected chi connectivity index (χ2v) is 7.06. The van der Waals surface area contributed by atoms with E-state index in [1.807, 2.05) is 11.8 Å². The van der Waals surface area contributed by atoms with Gasteiger partial charge in [-0.3, -0.25) is 4.99 Å². The number of hydrogen-bond acceptors (Lipinski definition) is 2. The highest BCUT2D eigenvalue weighted by Gasteiger charge is 2.41. The molecule has 0 atom stereocenters. The van der Waals surface area contributed by atoms with E-state index in [2.05, 4.69) is 26.1 Å². The first-order valence-corrected chi connectivity index (χ1v) is 7.49. The molecule has 2 aliphatic rings. The molecule has 92 valence electrons. The van der Waals surface area contributed by atoms with E-state index < -0.39 is 0 Å². The van der Waals surface area contributed by atoms with E-state index in [9.17, 15) is 0 Å². The van der Waals surface area contributed by atoms with Crippen LogP contribution < -0.4 is 5.32 Å². The Hall–Kier alpha value is -0.180. The van der Waals surface area contributed by atoms with Gasteiger partial charge in [0.25, 0.3) is 0 Å². The van der Waals surface area contributed by atoms with Gasteiger partial charge in [0.2, 0.25) is 0 Å². The lowest BCUT2D eigenvalue weighted by Crippen LogP contribution is -2.46. The Morgan fingerprint density at radius 1 is 1.31 bits per heavy atom. The van der Waals surface area contributed by atoms with Gasteiger partial charge in [0.05, 0.1) is 0 Å². The molecule has 3 heteroatoms. The van der Waals surface area contributed by atoms with E-state index in [-0.39, 0.29) is 5.54 Å². The Labute approximate surface area is 104 Å². The molecular formula is C13H24N2S. The first kappa shape index (κ1) is 12.3. The summed E-state index contributed by atoms with van der Waals surface area (Å²) < 4.78 is 0. The second-order valence-electron chi connectivity index (χ2n) is 5.98. The summed E-state index contributed by atoms with van der Waals surface area (Å²) in [6, 6.07) is 0. The molecule has 1 aliphatic carbocycles. The van der Waals surface area contributed by atoms with Gasteiger partial charge >= 0.3 is 0 Å². The maximum atomic E-state index is 4.80. The second kappa shape index (κ2) is 4.59. The number of amidine groups is 1. The molecule has 0 amide bonds. The van der Waals surface area contributed by atoms with Gasteiger partial charge in [-0.15, -0.1) is 0 Å². The SMILES string of the molecule is CCCC1(CN=C2NC(C)(C)CCS2)CC1. The third kappa shape index (κ3) is 3.16. The van der Waals surface area contributed by atoms with Gasteiger partial charge in [-0.25, -0.2) is 0 Å². The van der Waals surface area contributed by atoms with Crippen molar-refractivity contribution >= 4 is 16.9 Å². The van der Waals surface area contributed by atoms with Crippen molar-refractivity contribution < 1.29 is 0 Å². The molecule has 2 nitrogen and oxygen atoms in total. The van der Waals surface area contributed by atoms with E-state index >= 15 is 0 Å². The van der Waals surface area contributed by atoms with Gasteiger partial charge in [-0.2, -0.15) is 0 Å². The Morgan fingerprint density at radius 3 is 2.62 bits per heavy atom. The zero-order valence-corrected chi connectivity index (χ0v) is 11.6. The summed E-state index contributed by atoms with van der Waals surface area (Å²) in [6.07, 6.45) is 6.68. The lowest BCUT2D eigenvalue weighted by Gasteiger charge is -2.32. The fourth-order valence-electron chi connectivity index (χ4n) is 2.31. The van der Waals surface area contributed by atoms with Crippen LogP contribution in [0.4, 0.5) is 0 Å². The van der Waals surface area contributed by atoms with Gasteiger partial charge < -0.3 is 5.32 Å². The molecule has 0 aromatic rings. The molecule has 16 heavy (non-hydrogen) atoms. The monoisotopic (exact) mass is 240 g/mol. The molecule has 0 spiro atoms. The lowest BCUT2D eigenvalue weighted by molar-refractivity contribution is 0.440. The normalized spacial score (nSPS) is 28.8. The summed E-state index contributed by atoms with van der Waals surface area (Å²) >= 11 is 1.89. The molecule has 0 radical (unpaired) electrons. The van der Waals surface area contributed by atoms with Gasteiger partial charge in [0.1, 0.15) is 0 Å². The zero-order chi connectivity index (χ0) is 11.6. The maximum absolute atomic E-state index is 4.80. The third-order valence-electron chi connectivity index (χ3n) is 3.71. The lowest BCUT2D eigenvalue weighted by atomic mass is 10.0. The molecule has 0 bridgehead atoms. The van der Waals surface area contributed by atoms with Crippen LogP contribution in [0.2, 0.25) is 0 Å². The highest BCUT2D eigenvalue weighted by Crippen LogP contribution is 2.49. The number of thioether (sulfide) groups is 1. The Balaban J connectivity index is 1.87. The summed E-state index contributed by atoms with van der Waals surface area (Å²) in [7, 11) is 0. The summed E-state index contributed by atoms with van der Waals surface area (Å²) in [5.41, 5.74) is 0.830. The average molecular weight is 240 g/mol. The maximum Gasteiger partial charge on any atom is 0.156 e. The first-order chi connectivity index (χ1) is 7.55. The fourth-order valence-corrected chi connectivity index (χ4v) is 3.62. The Kier molecular flexibility index (Phi) is 3.53. The molecule has 1 N–H and O–H groups in total. The average Bonchev–Trinajstić information content (AvgIpc) is 2.95. The summed E-state index contributed by atoms with van der Waals surface area (Å²) in [5, 5.41) is 4.73. The van der Waals surface area contributed by atoms with Crippen LogP contribution in [0.25, 0.3) is 0 Å². The van der Waals surface area contributed by atoms with E-state index in [4.69, 9.17) is 4.99 Å². The smallest absolute Gasteiger partial charge is 0.156 e. The summed E-state index contributed by atoms with van der Waals surface area (Å²) in [6.45, 7) is 7.86. The summed E-state index contributed by atoms with van der Waals surface area (Å²) in [4.78, 5) is 4.80. The van der Waals surface area contributed by atoms with E-state index in [1.54, 1.807) is 0 Å². The zero-order valence-electron chi connectivity index (χ0n) is 10.8. The highest BCUT2D eigenvalue weighted by atomic mass is 32.2. The third-order valence-corrected chi connectivity index (χ3v) is 4.62. The predicted octanol–water partition coefficient (Wildman–Crippen LogP) is 3.43. The van der Waals surface area contributed by atoms with E-state index in [0.29, 0.717) is 5.41 Å². The first-order valence-electron chi connectivity index (χ1n) is 6.51. The minimum atomic E-state index is 0.242. The molecule has 0 aromatic carbocycles. The number of nitrogens with zero attached hydrogens (tertiary/aromatic N) is 1. The quantitative estimate of drug-likeness (QED) is 0.814.